The van der Waals surface area contributed by atoms with Gasteiger partial charge in [0.05, 0.1) is 18.3 Å². The predicted molar refractivity (Wildman–Crippen MR) is 94.5 cm³/mol. The quantitative estimate of drug-likeness (QED) is 0.814. The van der Waals surface area contributed by atoms with Gasteiger partial charge in [-0.15, -0.1) is 0 Å². The van der Waals surface area contributed by atoms with Crippen LogP contribution < -0.4 is 5.32 Å². The number of nitrogens with zero attached hydrogens (tertiary/aromatic N) is 1. The summed E-state index contributed by atoms with van der Waals surface area (Å²) in [5.74, 6) is 0.0842. The SMILES string of the molecule is CCCCNc1ccccc1C(=O)N1CCO[C@H]([C@@H]2CCCO2)C1. The highest BCUT2D eigenvalue weighted by Crippen LogP contribution is 2.23. The molecule has 5 heteroatoms. The third kappa shape index (κ3) is 4.08. The lowest BCUT2D eigenvalue weighted by Crippen LogP contribution is -2.49. The summed E-state index contributed by atoms with van der Waals surface area (Å²) in [6.07, 6.45) is 4.49. The van der Waals surface area contributed by atoms with Crippen LogP contribution in [-0.4, -0.2) is 55.9 Å². The zero-order chi connectivity index (χ0) is 16.8. The molecule has 0 radical (unpaired) electrons. The third-order valence-electron chi connectivity index (χ3n) is 4.76. The molecule has 2 atom stereocenters. The average molecular weight is 332 g/mol. The molecule has 2 saturated heterocycles. The van der Waals surface area contributed by atoms with Gasteiger partial charge in [0.25, 0.3) is 5.91 Å². The van der Waals surface area contributed by atoms with Gasteiger partial charge in [0.1, 0.15) is 6.10 Å². The monoisotopic (exact) mass is 332 g/mol. The van der Waals surface area contributed by atoms with Crippen LogP contribution in [0.4, 0.5) is 5.69 Å². The number of hydrogen-bond acceptors (Lipinski definition) is 4. The van der Waals surface area contributed by atoms with Crippen molar-refractivity contribution in [1.29, 1.82) is 0 Å². The van der Waals surface area contributed by atoms with Crippen molar-refractivity contribution in [1.82, 2.24) is 4.90 Å². The van der Waals surface area contributed by atoms with Crippen LogP contribution in [-0.2, 0) is 9.47 Å². The summed E-state index contributed by atoms with van der Waals surface area (Å²) in [6.45, 7) is 5.71. The van der Waals surface area contributed by atoms with Crippen LogP contribution in [0.1, 0.15) is 43.0 Å². The van der Waals surface area contributed by atoms with Gasteiger partial charge in [-0.05, 0) is 31.4 Å². The van der Waals surface area contributed by atoms with Crippen molar-refractivity contribution in [2.45, 2.75) is 44.8 Å². The summed E-state index contributed by atoms with van der Waals surface area (Å²) >= 11 is 0. The number of carbonyl (C=O) groups excluding carboxylic acids is 1. The molecule has 0 spiro atoms. The molecule has 0 aromatic heterocycles. The van der Waals surface area contributed by atoms with Crippen molar-refractivity contribution in [2.24, 2.45) is 0 Å². The third-order valence-corrected chi connectivity index (χ3v) is 4.76. The number of nitrogens with one attached hydrogen (secondary N) is 1. The number of rotatable bonds is 6. The maximum atomic E-state index is 13.0. The van der Waals surface area contributed by atoms with E-state index in [4.69, 9.17) is 9.47 Å². The second kappa shape index (κ2) is 8.49. The van der Waals surface area contributed by atoms with Gasteiger partial charge in [-0.3, -0.25) is 4.79 Å². The van der Waals surface area contributed by atoms with Crippen LogP contribution in [0.15, 0.2) is 24.3 Å². The lowest BCUT2D eigenvalue weighted by atomic mass is 10.1. The molecule has 0 bridgehead atoms. The minimum absolute atomic E-state index is 0.00501. The molecule has 2 aliphatic rings. The Labute approximate surface area is 144 Å². The van der Waals surface area contributed by atoms with Gasteiger partial charge in [-0.2, -0.15) is 0 Å². The Bertz CT molecular complexity index is 543. The standard InChI is InChI=1S/C19H28N2O3/c1-2-3-10-20-16-8-5-4-7-15(16)19(22)21-11-13-24-18(14-21)17-9-6-12-23-17/h4-5,7-8,17-18,20H,2-3,6,9-14H2,1H3/t17-,18-/m0/s1. The van der Waals surface area contributed by atoms with Crippen LogP contribution in [0.3, 0.4) is 0 Å². The Morgan fingerprint density at radius 2 is 2.08 bits per heavy atom. The smallest absolute Gasteiger partial charge is 0.256 e. The number of anilines is 1. The number of amides is 1. The minimum Gasteiger partial charge on any atom is -0.384 e. The number of ether oxygens (including phenoxy) is 2. The highest BCUT2D eigenvalue weighted by Gasteiger charge is 2.33. The molecule has 1 amide bonds. The maximum Gasteiger partial charge on any atom is 0.256 e. The van der Waals surface area contributed by atoms with Gasteiger partial charge < -0.3 is 19.7 Å². The Morgan fingerprint density at radius 1 is 1.25 bits per heavy atom. The lowest BCUT2D eigenvalue weighted by Gasteiger charge is -2.35. The van der Waals surface area contributed by atoms with E-state index in [-0.39, 0.29) is 18.1 Å². The number of benzene rings is 1. The number of hydrogen-bond donors (Lipinski definition) is 1. The molecule has 0 saturated carbocycles. The van der Waals surface area contributed by atoms with E-state index in [9.17, 15) is 4.79 Å². The fraction of sp³-hybridized carbons (Fsp3) is 0.632. The topological polar surface area (TPSA) is 50.8 Å². The molecular formula is C19H28N2O3. The molecule has 0 aliphatic carbocycles. The van der Waals surface area contributed by atoms with Crippen LogP contribution in [0.5, 0.6) is 0 Å². The van der Waals surface area contributed by atoms with Gasteiger partial charge in [0.2, 0.25) is 0 Å². The van der Waals surface area contributed by atoms with Gasteiger partial charge in [-0.1, -0.05) is 25.5 Å². The molecule has 0 unspecified atom stereocenters. The van der Waals surface area contributed by atoms with E-state index >= 15 is 0 Å². The summed E-state index contributed by atoms with van der Waals surface area (Å²) < 4.78 is 11.6. The van der Waals surface area contributed by atoms with Crippen molar-refractivity contribution in [2.75, 3.05) is 38.2 Å². The van der Waals surface area contributed by atoms with Crippen molar-refractivity contribution in [3.05, 3.63) is 29.8 Å². The van der Waals surface area contributed by atoms with Crippen molar-refractivity contribution in [3.63, 3.8) is 0 Å². The minimum atomic E-state index is 0.00501. The molecular weight excluding hydrogens is 304 g/mol. The maximum absolute atomic E-state index is 13.0. The average Bonchev–Trinajstić information content (AvgIpc) is 3.17. The molecule has 5 nitrogen and oxygen atoms in total. The highest BCUT2D eigenvalue weighted by atomic mass is 16.5. The second-order valence-electron chi connectivity index (χ2n) is 6.54. The number of unbranched alkanes of at least 4 members (excludes halogenated alkanes) is 1. The predicted octanol–water partition coefficient (Wildman–Crippen LogP) is 2.92. The lowest BCUT2D eigenvalue weighted by molar-refractivity contribution is -0.0867. The molecule has 2 fully saturated rings. The molecule has 2 aliphatic heterocycles. The van der Waals surface area contributed by atoms with Crippen molar-refractivity contribution in [3.8, 4) is 0 Å². The van der Waals surface area contributed by atoms with E-state index in [1.54, 1.807) is 0 Å². The zero-order valence-electron chi connectivity index (χ0n) is 14.5. The summed E-state index contributed by atoms with van der Waals surface area (Å²) in [6, 6.07) is 7.80. The first kappa shape index (κ1) is 17.2. The molecule has 3 rings (SSSR count). The summed E-state index contributed by atoms with van der Waals surface area (Å²) in [4.78, 5) is 14.9. The van der Waals surface area contributed by atoms with E-state index in [2.05, 4.69) is 12.2 Å². The summed E-state index contributed by atoms with van der Waals surface area (Å²) in [7, 11) is 0. The first-order valence-corrected chi connectivity index (χ1v) is 9.15. The van der Waals surface area contributed by atoms with Crippen LogP contribution in [0, 0.1) is 0 Å². The first-order chi connectivity index (χ1) is 11.8. The van der Waals surface area contributed by atoms with E-state index in [0.717, 1.165) is 50.1 Å². The number of carbonyl (C=O) groups is 1. The zero-order valence-corrected chi connectivity index (χ0v) is 14.5. The van der Waals surface area contributed by atoms with Gasteiger partial charge >= 0.3 is 0 Å². The Kier molecular flexibility index (Phi) is 6.10. The Morgan fingerprint density at radius 3 is 2.88 bits per heavy atom. The summed E-state index contributed by atoms with van der Waals surface area (Å²) in [5, 5.41) is 3.40. The molecule has 1 aromatic rings. The van der Waals surface area contributed by atoms with E-state index in [1.807, 2.05) is 29.2 Å². The van der Waals surface area contributed by atoms with E-state index in [1.165, 1.54) is 0 Å². The Balaban J connectivity index is 1.66. The Hall–Kier alpha value is -1.59. The fourth-order valence-corrected chi connectivity index (χ4v) is 3.37. The van der Waals surface area contributed by atoms with E-state index < -0.39 is 0 Å². The first-order valence-electron chi connectivity index (χ1n) is 9.15. The van der Waals surface area contributed by atoms with Gasteiger partial charge in [-0.25, -0.2) is 0 Å². The van der Waals surface area contributed by atoms with Crippen molar-refractivity contribution < 1.29 is 14.3 Å². The molecule has 1 aromatic carbocycles. The second-order valence-corrected chi connectivity index (χ2v) is 6.54. The number of para-hydroxylation sites is 1. The number of morpholine rings is 1. The molecule has 1 N–H and O–H groups in total. The van der Waals surface area contributed by atoms with Crippen LogP contribution in [0.25, 0.3) is 0 Å². The van der Waals surface area contributed by atoms with Crippen molar-refractivity contribution >= 4 is 11.6 Å². The molecule has 2 heterocycles. The van der Waals surface area contributed by atoms with Gasteiger partial charge in [0, 0.05) is 31.9 Å². The van der Waals surface area contributed by atoms with Gasteiger partial charge in [0.15, 0.2) is 0 Å². The van der Waals surface area contributed by atoms with Crippen LogP contribution >= 0.6 is 0 Å². The normalized spacial score (nSPS) is 24.1. The highest BCUT2D eigenvalue weighted by molar-refractivity contribution is 5.99. The molecule has 24 heavy (non-hydrogen) atoms. The van der Waals surface area contributed by atoms with E-state index in [0.29, 0.717) is 19.7 Å². The molecule has 132 valence electrons. The fourth-order valence-electron chi connectivity index (χ4n) is 3.37. The largest absolute Gasteiger partial charge is 0.384 e. The van der Waals surface area contributed by atoms with Crippen LogP contribution in [0.2, 0.25) is 0 Å². The summed E-state index contributed by atoms with van der Waals surface area (Å²) in [5.41, 5.74) is 1.68.